The molecule has 0 unspecified atom stereocenters. The van der Waals surface area contributed by atoms with Gasteiger partial charge in [-0.05, 0) is 31.2 Å². The highest BCUT2D eigenvalue weighted by molar-refractivity contribution is 6.01. The topological polar surface area (TPSA) is 34.9 Å². The highest BCUT2D eigenvalue weighted by Gasteiger charge is 2.31. The van der Waals surface area contributed by atoms with E-state index in [2.05, 4.69) is 24.3 Å². The van der Waals surface area contributed by atoms with Gasteiger partial charge in [-0.1, -0.05) is 91.0 Å². The summed E-state index contributed by atoms with van der Waals surface area (Å²) in [5, 5.41) is 5.05. The molecule has 1 heterocycles. The molecule has 0 aliphatic heterocycles. The van der Waals surface area contributed by atoms with Crippen molar-refractivity contribution in [1.29, 1.82) is 0 Å². The molecule has 0 spiro atoms. The zero-order valence-electron chi connectivity index (χ0n) is 16.9. The van der Waals surface area contributed by atoms with E-state index in [1.54, 1.807) is 0 Å². The molecule has 3 nitrogen and oxygen atoms in total. The number of carbonyl (C=O) groups is 1. The minimum absolute atomic E-state index is 0.0684. The fourth-order valence-electron chi connectivity index (χ4n) is 4.46. The molecule has 1 atom stereocenters. The summed E-state index contributed by atoms with van der Waals surface area (Å²) in [6, 6.07) is 29.5. The molecule has 0 N–H and O–H groups in total. The number of carbonyl (C=O) groups excluding carboxylic acids is 1. The van der Waals surface area contributed by atoms with Crippen molar-refractivity contribution in [2.24, 2.45) is 0 Å². The number of aryl methyl sites for hydroxylation is 1. The number of rotatable bonds is 5. The van der Waals surface area contributed by atoms with Crippen LogP contribution < -0.4 is 0 Å². The maximum Gasteiger partial charge on any atom is 0.191 e. The van der Waals surface area contributed by atoms with E-state index in [1.807, 2.05) is 71.4 Å². The second kappa shape index (κ2) is 8.11. The third-order valence-corrected chi connectivity index (χ3v) is 5.90. The zero-order valence-corrected chi connectivity index (χ0v) is 16.9. The first-order valence-electron chi connectivity index (χ1n) is 10.6. The van der Waals surface area contributed by atoms with E-state index in [9.17, 15) is 4.79 Å². The number of hydrogen-bond acceptors (Lipinski definition) is 2. The van der Waals surface area contributed by atoms with E-state index in [0.29, 0.717) is 5.56 Å². The predicted octanol–water partition coefficient (Wildman–Crippen LogP) is 5.90. The van der Waals surface area contributed by atoms with Crippen LogP contribution in [-0.4, -0.2) is 15.6 Å². The Morgan fingerprint density at radius 1 is 0.767 bits per heavy atom. The Hall–Kier alpha value is -3.46. The molecular formula is C27H24N2O. The minimum Gasteiger partial charge on any atom is -0.291 e. The van der Waals surface area contributed by atoms with Crippen LogP contribution >= 0.6 is 0 Å². The van der Waals surface area contributed by atoms with E-state index in [0.717, 1.165) is 41.8 Å². The summed E-state index contributed by atoms with van der Waals surface area (Å²) in [6.45, 7) is 0. The van der Waals surface area contributed by atoms with Crippen molar-refractivity contribution >= 4 is 5.78 Å². The Labute approximate surface area is 177 Å². The molecule has 30 heavy (non-hydrogen) atoms. The van der Waals surface area contributed by atoms with Gasteiger partial charge in [-0.15, -0.1) is 0 Å². The van der Waals surface area contributed by atoms with E-state index >= 15 is 0 Å². The number of ketones is 1. The largest absolute Gasteiger partial charge is 0.291 e. The minimum atomic E-state index is -0.491. The molecule has 1 aromatic heterocycles. The van der Waals surface area contributed by atoms with Gasteiger partial charge in [0, 0.05) is 16.7 Å². The van der Waals surface area contributed by atoms with Crippen LogP contribution in [0.15, 0.2) is 91.0 Å². The van der Waals surface area contributed by atoms with Crippen molar-refractivity contribution in [1.82, 2.24) is 9.78 Å². The quantitative estimate of drug-likeness (QED) is 0.396. The van der Waals surface area contributed by atoms with Gasteiger partial charge in [0.05, 0.1) is 11.4 Å². The van der Waals surface area contributed by atoms with E-state index in [-0.39, 0.29) is 5.78 Å². The van der Waals surface area contributed by atoms with Gasteiger partial charge in [0.1, 0.15) is 6.04 Å². The monoisotopic (exact) mass is 392 g/mol. The number of fused-ring (bicyclic) bond motifs is 1. The summed E-state index contributed by atoms with van der Waals surface area (Å²) in [4.78, 5) is 13.8. The smallest absolute Gasteiger partial charge is 0.191 e. The molecule has 3 heteroatoms. The first-order chi connectivity index (χ1) is 14.8. The molecule has 0 radical (unpaired) electrons. The Bertz CT molecular complexity index is 1150. The van der Waals surface area contributed by atoms with Crippen LogP contribution in [0.1, 0.15) is 46.1 Å². The molecule has 1 aliphatic carbocycles. The van der Waals surface area contributed by atoms with Crippen LogP contribution in [-0.2, 0) is 12.8 Å². The number of nitrogens with zero attached hydrogens (tertiary/aromatic N) is 2. The Morgan fingerprint density at radius 2 is 1.37 bits per heavy atom. The van der Waals surface area contributed by atoms with Gasteiger partial charge in [0.2, 0.25) is 0 Å². The zero-order chi connectivity index (χ0) is 20.3. The van der Waals surface area contributed by atoms with Gasteiger partial charge in [0.25, 0.3) is 0 Å². The fraction of sp³-hybridized carbons (Fsp3) is 0.185. The lowest BCUT2D eigenvalue weighted by Crippen LogP contribution is -2.23. The summed E-state index contributed by atoms with van der Waals surface area (Å²) in [5.74, 6) is 0.0684. The first-order valence-corrected chi connectivity index (χ1v) is 10.6. The molecule has 4 aromatic rings. The molecule has 5 rings (SSSR count). The van der Waals surface area contributed by atoms with Gasteiger partial charge < -0.3 is 0 Å². The van der Waals surface area contributed by atoms with Crippen molar-refractivity contribution < 1.29 is 4.79 Å². The van der Waals surface area contributed by atoms with Gasteiger partial charge >= 0.3 is 0 Å². The first kappa shape index (κ1) is 18.6. The third-order valence-electron chi connectivity index (χ3n) is 5.90. The van der Waals surface area contributed by atoms with Gasteiger partial charge in [-0.25, -0.2) is 4.68 Å². The van der Waals surface area contributed by atoms with Gasteiger partial charge in [-0.3, -0.25) is 4.79 Å². The second-order valence-electron chi connectivity index (χ2n) is 7.84. The van der Waals surface area contributed by atoms with Crippen molar-refractivity contribution in [2.45, 2.75) is 31.7 Å². The lowest BCUT2D eigenvalue weighted by Gasteiger charge is -2.21. The second-order valence-corrected chi connectivity index (χ2v) is 7.84. The van der Waals surface area contributed by atoms with E-state index in [4.69, 9.17) is 5.10 Å². The summed E-state index contributed by atoms with van der Waals surface area (Å²) >= 11 is 0. The lowest BCUT2D eigenvalue weighted by atomic mass is 9.92. The van der Waals surface area contributed by atoms with Crippen LogP contribution in [0.5, 0.6) is 0 Å². The summed E-state index contributed by atoms with van der Waals surface area (Å²) < 4.78 is 2.00. The maximum absolute atomic E-state index is 13.8. The maximum atomic E-state index is 13.8. The average molecular weight is 393 g/mol. The molecule has 0 amide bonds. The van der Waals surface area contributed by atoms with Crippen LogP contribution in [0.2, 0.25) is 0 Å². The molecule has 0 saturated carbocycles. The van der Waals surface area contributed by atoms with Crippen LogP contribution in [0.3, 0.4) is 0 Å². The number of aromatic nitrogens is 2. The van der Waals surface area contributed by atoms with Crippen LogP contribution in [0.4, 0.5) is 0 Å². The number of hydrogen-bond donors (Lipinski definition) is 0. The summed E-state index contributed by atoms with van der Waals surface area (Å²) in [7, 11) is 0. The molecule has 1 aliphatic rings. The molecule has 0 bridgehead atoms. The molecule has 0 fully saturated rings. The normalized spacial score (nSPS) is 14.1. The molecule has 148 valence electrons. The number of benzene rings is 3. The molecule has 3 aromatic carbocycles. The highest BCUT2D eigenvalue weighted by atomic mass is 16.1. The average Bonchev–Trinajstić information content (AvgIpc) is 3.20. The van der Waals surface area contributed by atoms with Gasteiger partial charge in [0.15, 0.2) is 5.78 Å². The van der Waals surface area contributed by atoms with Crippen molar-refractivity contribution in [2.75, 3.05) is 0 Å². The van der Waals surface area contributed by atoms with Crippen molar-refractivity contribution in [3.05, 3.63) is 113 Å². The van der Waals surface area contributed by atoms with Gasteiger partial charge in [-0.2, -0.15) is 5.10 Å². The summed E-state index contributed by atoms with van der Waals surface area (Å²) in [6.07, 6.45) is 4.31. The molecular weight excluding hydrogens is 368 g/mol. The SMILES string of the molecule is O=C(c1ccccc1)[C@H](c1ccccc1)n1nc2c(c1-c1ccccc1)CCCC2. The number of Topliss-reactive ketones (excluding diaryl/α,β-unsaturated/α-hetero) is 1. The van der Waals surface area contributed by atoms with Crippen LogP contribution in [0.25, 0.3) is 11.3 Å². The Morgan fingerprint density at radius 3 is 2.07 bits per heavy atom. The van der Waals surface area contributed by atoms with E-state index < -0.39 is 6.04 Å². The van der Waals surface area contributed by atoms with Crippen molar-refractivity contribution in [3.63, 3.8) is 0 Å². The Kier molecular flexibility index (Phi) is 5.02. The standard InChI is InChI=1S/C27H24N2O/c30-27(22-16-8-3-9-17-22)26(21-14-6-2-7-15-21)29-25(20-12-4-1-5-13-20)23-18-10-11-19-24(23)28-29/h1-9,12-17,26H,10-11,18-19H2/t26-/m0/s1. The molecule has 0 saturated heterocycles. The Balaban J connectivity index is 1.74. The highest BCUT2D eigenvalue weighted by Crippen LogP contribution is 2.36. The lowest BCUT2D eigenvalue weighted by molar-refractivity contribution is 0.0940. The fourth-order valence-corrected chi connectivity index (χ4v) is 4.46. The third kappa shape index (κ3) is 3.37. The van der Waals surface area contributed by atoms with E-state index in [1.165, 1.54) is 12.0 Å². The van der Waals surface area contributed by atoms with Crippen molar-refractivity contribution in [3.8, 4) is 11.3 Å². The summed E-state index contributed by atoms with van der Waals surface area (Å²) in [5.41, 5.74) is 6.32. The predicted molar refractivity (Wildman–Crippen MR) is 120 cm³/mol. The van der Waals surface area contributed by atoms with Crippen LogP contribution in [0, 0.1) is 0 Å².